The first-order valence-electron chi connectivity index (χ1n) is 8.30. The highest BCUT2D eigenvalue weighted by molar-refractivity contribution is 7.89. The Morgan fingerprint density at radius 1 is 1.04 bits per heavy atom. The van der Waals surface area contributed by atoms with Crippen molar-refractivity contribution in [3.05, 3.63) is 59.2 Å². The van der Waals surface area contributed by atoms with Gasteiger partial charge in [-0.3, -0.25) is 4.79 Å². The Hall–Kier alpha value is -2.54. The molecule has 138 valence electrons. The van der Waals surface area contributed by atoms with Crippen molar-refractivity contribution in [2.75, 3.05) is 19.6 Å². The largest absolute Gasteiger partial charge is 0.454 e. The Kier molecular flexibility index (Phi) is 5.18. The number of carbonyl (C=O) groups is 1. The minimum Gasteiger partial charge on any atom is -0.454 e. The lowest BCUT2D eigenvalue weighted by molar-refractivity contribution is 0.0752. The summed E-state index contributed by atoms with van der Waals surface area (Å²) in [6.45, 7) is 3.15. The summed E-state index contributed by atoms with van der Waals surface area (Å²) in [6.07, 6.45) is 1.19. The zero-order valence-electron chi connectivity index (χ0n) is 14.8. The zero-order valence-corrected chi connectivity index (χ0v) is 15.6. The lowest BCUT2D eigenvalue weighted by atomic mass is 10.1. The van der Waals surface area contributed by atoms with Crippen LogP contribution in [0, 0.1) is 0 Å². The van der Waals surface area contributed by atoms with Gasteiger partial charge in [0.25, 0.3) is 5.91 Å². The molecular formula is C19H21NO5S. The normalized spacial score (nSPS) is 12.8. The molecule has 0 bridgehead atoms. The highest BCUT2D eigenvalue weighted by Gasteiger charge is 2.18. The van der Waals surface area contributed by atoms with Gasteiger partial charge in [0.2, 0.25) is 6.79 Å². The number of amides is 1. The first-order valence-corrected chi connectivity index (χ1v) is 10.4. The van der Waals surface area contributed by atoms with E-state index in [4.69, 9.17) is 9.47 Å². The molecule has 0 atom stereocenters. The summed E-state index contributed by atoms with van der Waals surface area (Å²) in [5, 5.41) is 0. The molecule has 0 N–H and O–H groups in total. The molecule has 1 heterocycles. The zero-order chi connectivity index (χ0) is 18.7. The Morgan fingerprint density at radius 2 is 1.69 bits per heavy atom. The lowest BCUT2D eigenvalue weighted by Crippen LogP contribution is -2.30. The number of rotatable bonds is 6. The van der Waals surface area contributed by atoms with Crippen molar-refractivity contribution in [3.8, 4) is 11.5 Å². The van der Waals surface area contributed by atoms with Gasteiger partial charge in [-0.25, -0.2) is 8.42 Å². The van der Waals surface area contributed by atoms with Crippen molar-refractivity contribution in [3.63, 3.8) is 0 Å². The molecule has 0 spiro atoms. The molecular weight excluding hydrogens is 354 g/mol. The van der Waals surface area contributed by atoms with E-state index >= 15 is 0 Å². The molecule has 0 saturated heterocycles. The average molecular weight is 375 g/mol. The average Bonchev–Trinajstić information content (AvgIpc) is 3.06. The predicted molar refractivity (Wildman–Crippen MR) is 98.0 cm³/mol. The van der Waals surface area contributed by atoms with E-state index in [0.717, 1.165) is 5.56 Å². The summed E-state index contributed by atoms with van der Waals surface area (Å²) >= 11 is 0. The number of nitrogens with zero attached hydrogens (tertiary/aromatic N) is 1. The summed E-state index contributed by atoms with van der Waals surface area (Å²) in [5.41, 5.74) is 2.16. The van der Waals surface area contributed by atoms with Gasteiger partial charge in [0, 0.05) is 24.9 Å². The molecule has 1 amide bonds. The van der Waals surface area contributed by atoms with Gasteiger partial charge in [-0.15, -0.1) is 0 Å². The van der Waals surface area contributed by atoms with Gasteiger partial charge in [-0.2, -0.15) is 0 Å². The molecule has 2 aromatic carbocycles. The molecule has 0 fully saturated rings. The third kappa shape index (κ3) is 4.35. The third-order valence-electron chi connectivity index (χ3n) is 4.11. The first-order chi connectivity index (χ1) is 12.4. The SMILES string of the molecule is CCN(Cc1ccc2c(c1)OCO2)C(=O)c1ccc(CS(C)(=O)=O)cc1. The highest BCUT2D eigenvalue weighted by Crippen LogP contribution is 2.32. The van der Waals surface area contributed by atoms with Crippen LogP contribution in [-0.2, 0) is 22.1 Å². The number of sulfone groups is 1. The summed E-state index contributed by atoms with van der Waals surface area (Å²) in [4.78, 5) is 14.5. The minimum atomic E-state index is -3.09. The molecule has 0 aliphatic carbocycles. The van der Waals surface area contributed by atoms with E-state index in [-0.39, 0.29) is 18.5 Å². The van der Waals surface area contributed by atoms with Crippen molar-refractivity contribution in [2.24, 2.45) is 0 Å². The molecule has 0 unspecified atom stereocenters. The fraction of sp³-hybridized carbons (Fsp3) is 0.316. The van der Waals surface area contributed by atoms with Crippen LogP contribution in [-0.4, -0.2) is 38.8 Å². The second-order valence-corrected chi connectivity index (χ2v) is 8.41. The standard InChI is InChI=1S/C19H21NO5S/c1-3-20(11-15-6-9-17-18(10-15)25-13-24-17)19(21)16-7-4-14(5-8-16)12-26(2,22)23/h4-10H,3,11-13H2,1-2H3. The van der Waals surface area contributed by atoms with Gasteiger partial charge in [0.05, 0.1) is 5.75 Å². The van der Waals surface area contributed by atoms with Crippen LogP contribution in [0.5, 0.6) is 11.5 Å². The van der Waals surface area contributed by atoms with Gasteiger partial charge in [0.15, 0.2) is 21.3 Å². The molecule has 0 radical (unpaired) electrons. The lowest BCUT2D eigenvalue weighted by Gasteiger charge is -2.21. The maximum Gasteiger partial charge on any atom is 0.254 e. The van der Waals surface area contributed by atoms with Crippen LogP contribution in [0.3, 0.4) is 0 Å². The third-order valence-corrected chi connectivity index (χ3v) is 4.97. The fourth-order valence-corrected chi connectivity index (χ4v) is 3.61. The number of ether oxygens (including phenoxy) is 2. The van der Waals surface area contributed by atoms with E-state index in [0.29, 0.717) is 35.7 Å². The van der Waals surface area contributed by atoms with Gasteiger partial charge in [-0.05, 0) is 42.3 Å². The summed E-state index contributed by atoms with van der Waals surface area (Å²) < 4.78 is 33.4. The molecule has 6 nitrogen and oxygen atoms in total. The second kappa shape index (κ2) is 7.37. The number of fused-ring (bicyclic) bond motifs is 1. The van der Waals surface area contributed by atoms with Crippen molar-refractivity contribution in [1.82, 2.24) is 4.90 Å². The highest BCUT2D eigenvalue weighted by atomic mass is 32.2. The summed E-state index contributed by atoms with van der Waals surface area (Å²) in [7, 11) is -3.09. The first kappa shape index (κ1) is 18.3. The van der Waals surface area contributed by atoms with Gasteiger partial charge >= 0.3 is 0 Å². The number of hydrogen-bond donors (Lipinski definition) is 0. The molecule has 1 aliphatic rings. The number of benzene rings is 2. The monoisotopic (exact) mass is 375 g/mol. The Morgan fingerprint density at radius 3 is 2.35 bits per heavy atom. The number of hydrogen-bond acceptors (Lipinski definition) is 5. The molecule has 26 heavy (non-hydrogen) atoms. The molecule has 2 aromatic rings. The molecule has 1 aliphatic heterocycles. The van der Waals surface area contributed by atoms with Crippen molar-refractivity contribution >= 4 is 15.7 Å². The topological polar surface area (TPSA) is 72.9 Å². The van der Waals surface area contributed by atoms with Crippen LogP contribution in [0.15, 0.2) is 42.5 Å². The van der Waals surface area contributed by atoms with Crippen LogP contribution in [0.2, 0.25) is 0 Å². The van der Waals surface area contributed by atoms with E-state index in [1.807, 2.05) is 25.1 Å². The summed E-state index contributed by atoms with van der Waals surface area (Å²) in [6, 6.07) is 12.4. The van der Waals surface area contributed by atoms with Gasteiger partial charge in [0.1, 0.15) is 0 Å². The van der Waals surface area contributed by atoms with Gasteiger partial charge < -0.3 is 14.4 Å². The maximum absolute atomic E-state index is 12.8. The smallest absolute Gasteiger partial charge is 0.254 e. The van der Waals surface area contributed by atoms with E-state index in [9.17, 15) is 13.2 Å². The van der Waals surface area contributed by atoms with E-state index in [2.05, 4.69) is 0 Å². The predicted octanol–water partition coefficient (Wildman–Crippen LogP) is 2.62. The molecule has 7 heteroatoms. The van der Waals surface area contributed by atoms with Crippen LogP contribution in [0.1, 0.15) is 28.4 Å². The summed E-state index contributed by atoms with van der Waals surface area (Å²) in [5.74, 6) is 1.27. The van der Waals surface area contributed by atoms with Crippen LogP contribution >= 0.6 is 0 Å². The van der Waals surface area contributed by atoms with Crippen molar-refractivity contribution in [2.45, 2.75) is 19.2 Å². The van der Waals surface area contributed by atoms with Crippen LogP contribution in [0.4, 0.5) is 0 Å². The molecule has 0 aromatic heterocycles. The van der Waals surface area contributed by atoms with E-state index in [1.165, 1.54) is 6.26 Å². The Bertz CT molecular complexity index is 906. The molecule has 0 saturated carbocycles. The van der Waals surface area contributed by atoms with Crippen molar-refractivity contribution < 1.29 is 22.7 Å². The fourth-order valence-electron chi connectivity index (χ4n) is 2.82. The quantitative estimate of drug-likeness (QED) is 0.776. The number of carbonyl (C=O) groups excluding carboxylic acids is 1. The minimum absolute atomic E-state index is 0.0316. The van der Waals surface area contributed by atoms with E-state index < -0.39 is 9.84 Å². The van der Waals surface area contributed by atoms with Crippen LogP contribution < -0.4 is 9.47 Å². The maximum atomic E-state index is 12.8. The molecule has 3 rings (SSSR count). The Labute approximate surface area is 153 Å². The van der Waals surface area contributed by atoms with Gasteiger partial charge in [-0.1, -0.05) is 18.2 Å². The second-order valence-electron chi connectivity index (χ2n) is 6.27. The Balaban J connectivity index is 1.72. The van der Waals surface area contributed by atoms with E-state index in [1.54, 1.807) is 29.2 Å². The van der Waals surface area contributed by atoms with Crippen molar-refractivity contribution in [1.29, 1.82) is 0 Å². The van der Waals surface area contributed by atoms with Crippen LogP contribution in [0.25, 0.3) is 0 Å².